The number of allylic oxidation sites excluding steroid dienone is 1. The van der Waals surface area contributed by atoms with Crippen LogP contribution in [0.3, 0.4) is 0 Å². The number of fused-ring (bicyclic) bond motifs is 2. The first-order chi connectivity index (χ1) is 19.1. The third-order valence-corrected chi connectivity index (χ3v) is 7.63. The van der Waals surface area contributed by atoms with E-state index in [0.29, 0.717) is 26.1 Å². The second-order valence-electron chi connectivity index (χ2n) is 11.6. The van der Waals surface area contributed by atoms with Gasteiger partial charge in [0, 0.05) is 56.2 Å². The number of likely N-dealkylation sites (tertiary alicyclic amines) is 1. The number of amides is 2. The number of H-pyrrole nitrogens is 1. The summed E-state index contributed by atoms with van der Waals surface area (Å²) in [6, 6.07) is 6.40. The number of aromatic nitrogens is 2. The van der Waals surface area contributed by atoms with Crippen molar-refractivity contribution in [1.29, 1.82) is 0 Å². The average Bonchev–Trinajstić information content (AvgIpc) is 3.56. The molecule has 9 heteroatoms. The van der Waals surface area contributed by atoms with Gasteiger partial charge in [-0.1, -0.05) is 6.07 Å². The number of carbonyl (C=O) groups excluding carboxylic acids is 2. The summed E-state index contributed by atoms with van der Waals surface area (Å²) in [7, 11) is 1.64. The molecule has 3 aromatic rings. The van der Waals surface area contributed by atoms with Crippen LogP contribution in [0, 0.1) is 6.92 Å². The lowest BCUT2D eigenvalue weighted by molar-refractivity contribution is -0.128. The first-order valence-corrected chi connectivity index (χ1v) is 13.8. The number of pyridine rings is 1. The van der Waals surface area contributed by atoms with Crippen molar-refractivity contribution in [1.82, 2.24) is 19.8 Å². The summed E-state index contributed by atoms with van der Waals surface area (Å²) in [5.41, 5.74) is 13.0. The average molecular weight is 543 g/mol. The number of nitrogens with zero attached hydrogens (tertiary/aromatic N) is 4. The number of hydrogen-bond donors (Lipinski definition) is 2. The Kier molecular flexibility index (Phi) is 7.40. The number of aliphatic imine (C=N–C) groups is 1. The Morgan fingerprint density at radius 1 is 1.20 bits per heavy atom. The normalized spacial score (nSPS) is 18.0. The Morgan fingerprint density at radius 2 is 2.00 bits per heavy atom. The van der Waals surface area contributed by atoms with E-state index in [2.05, 4.69) is 40.1 Å². The van der Waals surface area contributed by atoms with Crippen molar-refractivity contribution >= 4 is 29.2 Å². The Balaban J connectivity index is 1.58. The van der Waals surface area contributed by atoms with E-state index in [1.54, 1.807) is 11.9 Å². The van der Waals surface area contributed by atoms with Crippen LogP contribution in [0.2, 0.25) is 0 Å². The summed E-state index contributed by atoms with van der Waals surface area (Å²) in [5, 5.41) is 1.09. The minimum absolute atomic E-state index is 0.149. The van der Waals surface area contributed by atoms with Gasteiger partial charge < -0.3 is 25.3 Å². The highest BCUT2D eigenvalue weighted by Crippen LogP contribution is 2.40. The lowest BCUT2D eigenvalue weighted by Gasteiger charge is -2.35. The molecule has 2 aromatic heterocycles. The van der Waals surface area contributed by atoms with Gasteiger partial charge in [0.1, 0.15) is 11.2 Å². The number of benzene rings is 1. The highest BCUT2D eigenvalue weighted by atomic mass is 16.6. The second kappa shape index (κ2) is 10.8. The SMILES string of the molecule is CN=CC=C(N)C(=O)N1CCc2cc(-c3cnc4[nH]cc(C)c4c3)cc([C@@H]3CCCN3C(=O)OC(C)(C)C)c2C1. The molecular weight excluding hydrogens is 504 g/mol. The third kappa shape index (κ3) is 5.46. The lowest BCUT2D eigenvalue weighted by Crippen LogP contribution is -2.40. The molecule has 9 nitrogen and oxygen atoms in total. The van der Waals surface area contributed by atoms with Gasteiger partial charge in [-0.25, -0.2) is 9.78 Å². The van der Waals surface area contributed by atoms with Crippen molar-refractivity contribution < 1.29 is 14.3 Å². The molecule has 2 aliphatic heterocycles. The minimum atomic E-state index is -0.587. The van der Waals surface area contributed by atoms with Crippen molar-refractivity contribution in [3.8, 4) is 11.1 Å². The van der Waals surface area contributed by atoms with Gasteiger partial charge in [-0.3, -0.25) is 9.79 Å². The van der Waals surface area contributed by atoms with Crippen LogP contribution in [-0.2, 0) is 22.5 Å². The molecule has 40 heavy (non-hydrogen) atoms. The molecule has 0 bridgehead atoms. The van der Waals surface area contributed by atoms with Gasteiger partial charge in [-0.05, 0) is 93.0 Å². The fourth-order valence-corrected chi connectivity index (χ4v) is 5.67. The van der Waals surface area contributed by atoms with Gasteiger partial charge in [-0.15, -0.1) is 0 Å². The van der Waals surface area contributed by atoms with Crippen LogP contribution in [0.25, 0.3) is 22.2 Å². The maximum Gasteiger partial charge on any atom is 0.410 e. The standard InChI is InChI=1S/C31H38N6O3/c1-19-16-34-28-23(19)15-22(17-35-28)21-13-20-9-12-36(29(38)26(32)8-10-33-5)18-25(20)24(14-21)27-7-6-11-37(27)30(39)40-31(2,3)4/h8,10,13-17,27H,6-7,9,11-12,18,32H2,1-5H3,(H,34,35)/t27-/m0/s1. The Hall–Kier alpha value is -4.14. The quantitative estimate of drug-likeness (QED) is 0.354. The van der Waals surface area contributed by atoms with Gasteiger partial charge in [0.15, 0.2) is 0 Å². The van der Waals surface area contributed by atoms with Crippen LogP contribution in [0.1, 0.15) is 61.9 Å². The van der Waals surface area contributed by atoms with Crippen LogP contribution < -0.4 is 5.73 Å². The number of carbonyl (C=O) groups is 2. The molecule has 4 heterocycles. The molecule has 2 aliphatic rings. The summed E-state index contributed by atoms with van der Waals surface area (Å²) < 4.78 is 5.79. The van der Waals surface area contributed by atoms with Gasteiger partial charge in [0.2, 0.25) is 0 Å². The van der Waals surface area contributed by atoms with E-state index >= 15 is 0 Å². The zero-order valence-corrected chi connectivity index (χ0v) is 24.0. The molecule has 5 rings (SSSR count). The Labute approximate surface area is 235 Å². The predicted molar refractivity (Wildman–Crippen MR) is 157 cm³/mol. The number of ether oxygens (including phenoxy) is 1. The van der Waals surface area contributed by atoms with Crippen LogP contribution >= 0.6 is 0 Å². The predicted octanol–water partition coefficient (Wildman–Crippen LogP) is 5.04. The van der Waals surface area contributed by atoms with Crippen molar-refractivity contribution in [2.24, 2.45) is 10.7 Å². The fourth-order valence-electron chi connectivity index (χ4n) is 5.67. The van der Waals surface area contributed by atoms with E-state index in [0.717, 1.165) is 51.7 Å². The molecule has 3 N–H and O–H groups in total. The molecule has 0 aliphatic carbocycles. The van der Waals surface area contributed by atoms with Gasteiger partial charge >= 0.3 is 6.09 Å². The lowest BCUT2D eigenvalue weighted by atomic mass is 9.86. The molecule has 2 amide bonds. The van der Waals surface area contributed by atoms with Crippen LogP contribution in [0.4, 0.5) is 4.79 Å². The fraction of sp³-hybridized carbons (Fsp3) is 0.419. The molecule has 1 aromatic carbocycles. The van der Waals surface area contributed by atoms with E-state index in [1.807, 2.05) is 38.1 Å². The van der Waals surface area contributed by atoms with E-state index in [-0.39, 0.29) is 23.7 Å². The number of aromatic amines is 1. The first kappa shape index (κ1) is 27.4. The van der Waals surface area contributed by atoms with Crippen molar-refractivity contribution in [2.75, 3.05) is 20.1 Å². The number of rotatable bonds is 4. The third-order valence-electron chi connectivity index (χ3n) is 7.63. The minimum Gasteiger partial charge on any atom is -0.444 e. The molecule has 0 radical (unpaired) electrons. The van der Waals surface area contributed by atoms with Crippen LogP contribution in [-0.4, -0.2) is 63.7 Å². The number of aryl methyl sites for hydroxylation is 1. The summed E-state index contributed by atoms with van der Waals surface area (Å²) in [4.78, 5) is 41.8. The van der Waals surface area contributed by atoms with Gasteiger partial charge in [-0.2, -0.15) is 0 Å². The number of hydrogen-bond acceptors (Lipinski definition) is 6. The van der Waals surface area contributed by atoms with Crippen molar-refractivity contribution in [2.45, 2.75) is 65.1 Å². The highest BCUT2D eigenvalue weighted by molar-refractivity contribution is 5.96. The zero-order chi connectivity index (χ0) is 28.6. The molecule has 210 valence electrons. The first-order valence-electron chi connectivity index (χ1n) is 13.8. The molecule has 1 atom stereocenters. The topological polar surface area (TPSA) is 117 Å². The van der Waals surface area contributed by atoms with E-state index in [9.17, 15) is 9.59 Å². The highest BCUT2D eigenvalue weighted by Gasteiger charge is 2.36. The Bertz CT molecular complexity index is 1510. The number of nitrogens with one attached hydrogen (secondary N) is 1. The summed E-state index contributed by atoms with van der Waals surface area (Å²) in [6.07, 6.45) is 9.01. The molecule has 0 saturated carbocycles. The molecular formula is C31H38N6O3. The van der Waals surface area contributed by atoms with Gasteiger partial charge in [0.25, 0.3) is 5.91 Å². The zero-order valence-electron chi connectivity index (χ0n) is 24.0. The van der Waals surface area contributed by atoms with Crippen LogP contribution in [0.5, 0.6) is 0 Å². The molecule has 0 unspecified atom stereocenters. The monoisotopic (exact) mass is 542 g/mol. The summed E-state index contributed by atoms with van der Waals surface area (Å²) in [5.74, 6) is -0.214. The van der Waals surface area contributed by atoms with E-state index in [1.165, 1.54) is 17.9 Å². The van der Waals surface area contributed by atoms with Gasteiger partial charge in [0.05, 0.1) is 11.7 Å². The van der Waals surface area contributed by atoms with Crippen molar-refractivity contribution in [3.05, 3.63) is 64.6 Å². The second-order valence-corrected chi connectivity index (χ2v) is 11.6. The summed E-state index contributed by atoms with van der Waals surface area (Å²) in [6.45, 7) is 9.33. The van der Waals surface area contributed by atoms with E-state index in [4.69, 9.17) is 10.5 Å². The molecule has 1 saturated heterocycles. The molecule has 0 spiro atoms. The Morgan fingerprint density at radius 3 is 2.75 bits per heavy atom. The summed E-state index contributed by atoms with van der Waals surface area (Å²) >= 11 is 0. The maximum atomic E-state index is 13.3. The largest absolute Gasteiger partial charge is 0.444 e. The molecule has 1 fully saturated rings. The van der Waals surface area contributed by atoms with E-state index < -0.39 is 5.60 Å². The smallest absolute Gasteiger partial charge is 0.410 e. The maximum absolute atomic E-state index is 13.3. The number of nitrogens with two attached hydrogens (primary N) is 1. The van der Waals surface area contributed by atoms with Crippen molar-refractivity contribution in [3.63, 3.8) is 0 Å². The van der Waals surface area contributed by atoms with Crippen LogP contribution in [0.15, 0.2) is 47.4 Å².